The number of anilines is 3. The first kappa shape index (κ1) is 18.4. The Kier molecular flexibility index (Phi) is 4.89. The van der Waals surface area contributed by atoms with E-state index in [-0.39, 0.29) is 0 Å². The number of benzene rings is 1. The molecule has 0 N–H and O–H groups in total. The van der Waals surface area contributed by atoms with Crippen molar-refractivity contribution in [1.29, 1.82) is 0 Å². The van der Waals surface area contributed by atoms with Gasteiger partial charge in [0.25, 0.3) is 6.01 Å². The fourth-order valence-electron chi connectivity index (χ4n) is 3.80. The summed E-state index contributed by atoms with van der Waals surface area (Å²) in [7, 11) is 0. The van der Waals surface area contributed by atoms with Gasteiger partial charge in [-0.05, 0) is 19.1 Å². The van der Waals surface area contributed by atoms with E-state index in [1.807, 2.05) is 19.1 Å². The highest BCUT2D eigenvalue weighted by molar-refractivity contribution is 6.31. The van der Waals surface area contributed by atoms with Gasteiger partial charge in [0.2, 0.25) is 0 Å². The molecule has 0 bridgehead atoms. The number of fused-ring (bicyclic) bond motifs is 1. The summed E-state index contributed by atoms with van der Waals surface area (Å²) in [5.41, 5.74) is 1.55. The topological polar surface area (TPSA) is 70.8 Å². The molecule has 9 heteroatoms. The minimum Gasteiger partial charge on any atom is -0.423 e. The first-order valence-electron chi connectivity index (χ1n) is 9.90. The summed E-state index contributed by atoms with van der Waals surface area (Å²) in [6, 6.07) is 8.26. The Bertz CT molecular complexity index is 1010. The van der Waals surface area contributed by atoms with Crippen molar-refractivity contribution in [2.75, 3.05) is 67.2 Å². The highest BCUT2D eigenvalue weighted by Crippen LogP contribution is 2.27. The van der Waals surface area contributed by atoms with Crippen molar-refractivity contribution in [3.05, 3.63) is 35.1 Å². The molecule has 2 aliphatic heterocycles. The number of rotatable bonds is 3. The third-order valence-corrected chi connectivity index (χ3v) is 5.59. The number of piperazine rings is 1. The molecule has 2 saturated heterocycles. The van der Waals surface area contributed by atoms with E-state index in [4.69, 9.17) is 20.8 Å². The molecule has 2 aliphatic rings. The van der Waals surface area contributed by atoms with Crippen LogP contribution in [0.3, 0.4) is 0 Å². The quantitative estimate of drug-likeness (QED) is 0.648. The Morgan fingerprint density at radius 2 is 1.48 bits per heavy atom. The molecule has 29 heavy (non-hydrogen) atoms. The number of nitrogens with zero attached hydrogens (tertiary/aromatic N) is 6. The van der Waals surface area contributed by atoms with Crippen molar-refractivity contribution in [2.24, 2.45) is 0 Å². The second kappa shape index (κ2) is 7.68. The monoisotopic (exact) mass is 414 g/mol. The molecule has 0 atom stereocenters. The van der Waals surface area contributed by atoms with Crippen LogP contribution in [-0.2, 0) is 4.74 Å². The number of oxazole rings is 1. The maximum Gasteiger partial charge on any atom is 0.298 e. The van der Waals surface area contributed by atoms with E-state index in [0.29, 0.717) is 11.0 Å². The van der Waals surface area contributed by atoms with Crippen molar-refractivity contribution >= 4 is 40.4 Å². The van der Waals surface area contributed by atoms with Gasteiger partial charge < -0.3 is 23.9 Å². The highest BCUT2D eigenvalue weighted by Gasteiger charge is 2.23. The van der Waals surface area contributed by atoms with Crippen LogP contribution in [-0.4, -0.2) is 67.4 Å². The van der Waals surface area contributed by atoms with Gasteiger partial charge in [-0.25, -0.2) is 9.97 Å². The van der Waals surface area contributed by atoms with Gasteiger partial charge in [0.15, 0.2) is 5.58 Å². The molecular formula is C20H23ClN6O2. The lowest BCUT2D eigenvalue weighted by atomic mass is 10.3. The van der Waals surface area contributed by atoms with Crippen LogP contribution in [0.15, 0.2) is 28.7 Å². The van der Waals surface area contributed by atoms with Gasteiger partial charge in [-0.1, -0.05) is 11.6 Å². The molecule has 0 spiro atoms. The number of aryl methyl sites for hydroxylation is 1. The molecule has 0 aliphatic carbocycles. The average molecular weight is 415 g/mol. The van der Waals surface area contributed by atoms with Gasteiger partial charge in [0, 0.05) is 56.4 Å². The molecule has 0 radical (unpaired) electrons. The van der Waals surface area contributed by atoms with Crippen LogP contribution in [0.25, 0.3) is 11.1 Å². The Balaban J connectivity index is 1.30. The molecule has 0 amide bonds. The number of hydrogen-bond acceptors (Lipinski definition) is 8. The van der Waals surface area contributed by atoms with E-state index in [1.165, 1.54) is 0 Å². The lowest BCUT2D eigenvalue weighted by Gasteiger charge is -2.35. The summed E-state index contributed by atoms with van der Waals surface area (Å²) in [5.74, 6) is 2.75. The van der Waals surface area contributed by atoms with E-state index in [0.717, 1.165) is 81.0 Å². The fourth-order valence-corrected chi connectivity index (χ4v) is 3.96. The van der Waals surface area contributed by atoms with E-state index in [1.54, 1.807) is 6.07 Å². The molecule has 2 aromatic heterocycles. The largest absolute Gasteiger partial charge is 0.423 e. The van der Waals surface area contributed by atoms with E-state index in [2.05, 4.69) is 35.7 Å². The van der Waals surface area contributed by atoms with Gasteiger partial charge in [-0.3, -0.25) is 0 Å². The number of morpholine rings is 1. The van der Waals surface area contributed by atoms with Gasteiger partial charge in [0.05, 0.1) is 13.2 Å². The molecule has 2 fully saturated rings. The molecule has 8 nitrogen and oxygen atoms in total. The van der Waals surface area contributed by atoms with Crippen LogP contribution in [0.5, 0.6) is 0 Å². The summed E-state index contributed by atoms with van der Waals surface area (Å²) in [5, 5.41) is 0.653. The first-order chi connectivity index (χ1) is 14.2. The third kappa shape index (κ3) is 3.82. The van der Waals surface area contributed by atoms with Crippen molar-refractivity contribution in [3.8, 4) is 0 Å². The normalized spacial score (nSPS) is 17.9. The van der Waals surface area contributed by atoms with Crippen LogP contribution in [0, 0.1) is 6.92 Å². The fraction of sp³-hybridized carbons (Fsp3) is 0.450. The smallest absolute Gasteiger partial charge is 0.298 e. The lowest BCUT2D eigenvalue weighted by Crippen LogP contribution is -2.47. The molecule has 152 valence electrons. The molecule has 1 aromatic carbocycles. The first-order valence-corrected chi connectivity index (χ1v) is 10.3. The molecule has 4 heterocycles. The predicted octanol–water partition coefficient (Wildman–Crippen LogP) is 2.74. The maximum atomic E-state index is 6.05. The van der Waals surface area contributed by atoms with Crippen molar-refractivity contribution in [1.82, 2.24) is 15.0 Å². The van der Waals surface area contributed by atoms with Crippen LogP contribution >= 0.6 is 11.6 Å². The third-order valence-electron chi connectivity index (χ3n) is 5.36. The minimum absolute atomic E-state index is 0.648. The summed E-state index contributed by atoms with van der Waals surface area (Å²) in [6.45, 7) is 8.49. The van der Waals surface area contributed by atoms with Crippen molar-refractivity contribution in [3.63, 3.8) is 0 Å². The standard InChI is InChI=1S/C20H23ClN6O2/c1-14-22-18(13-19(23-14)26-8-10-28-11-9-26)25-4-6-27(7-5-25)20-24-16-3-2-15(21)12-17(16)29-20/h2-3,12-13H,4-11H2,1H3. The van der Waals surface area contributed by atoms with Crippen LogP contribution in [0.2, 0.25) is 5.02 Å². The molecule has 0 unspecified atom stereocenters. The van der Waals surface area contributed by atoms with Crippen LogP contribution in [0.4, 0.5) is 17.7 Å². The van der Waals surface area contributed by atoms with E-state index >= 15 is 0 Å². The van der Waals surface area contributed by atoms with Crippen LogP contribution in [0.1, 0.15) is 5.82 Å². The molecular weight excluding hydrogens is 392 g/mol. The van der Waals surface area contributed by atoms with Gasteiger partial charge in [0.1, 0.15) is 23.0 Å². The van der Waals surface area contributed by atoms with Gasteiger partial charge in [-0.15, -0.1) is 0 Å². The number of ether oxygens (including phenoxy) is 1. The Morgan fingerprint density at radius 1 is 0.828 bits per heavy atom. The summed E-state index contributed by atoms with van der Waals surface area (Å²) in [6.07, 6.45) is 0. The zero-order chi connectivity index (χ0) is 19.8. The highest BCUT2D eigenvalue weighted by atomic mass is 35.5. The predicted molar refractivity (Wildman–Crippen MR) is 113 cm³/mol. The summed E-state index contributed by atoms with van der Waals surface area (Å²) in [4.78, 5) is 20.6. The summed E-state index contributed by atoms with van der Waals surface area (Å²) >= 11 is 6.05. The van der Waals surface area contributed by atoms with E-state index in [9.17, 15) is 0 Å². The number of aromatic nitrogens is 3. The Labute approximate surface area is 174 Å². The molecule has 5 rings (SSSR count). The zero-order valence-electron chi connectivity index (χ0n) is 16.3. The number of halogens is 1. The Morgan fingerprint density at radius 3 is 2.21 bits per heavy atom. The number of hydrogen-bond donors (Lipinski definition) is 0. The Hall–Kier alpha value is -2.58. The maximum absolute atomic E-state index is 6.05. The summed E-state index contributed by atoms with van der Waals surface area (Å²) < 4.78 is 11.4. The second-order valence-electron chi connectivity index (χ2n) is 7.31. The lowest BCUT2D eigenvalue weighted by molar-refractivity contribution is 0.122. The SMILES string of the molecule is Cc1nc(N2CCOCC2)cc(N2CCN(c3nc4ccc(Cl)cc4o3)CC2)n1. The van der Waals surface area contributed by atoms with E-state index < -0.39 is 0 Å². The van der Waals surface area contributed by atoms with Gasteiger partial charge in [-0.2, -0.15) is 4.98 Å². The zero-order valence-corrected chi connectivity index (χ0v) is 17.1. The molecule has 3 aromatic rings. The van der Waals surface area contributed by atoms with Crippen LogP contribution < -0.4 is 14.7 Å². The second-order valence-corrected chi connectivity index (χ2v) is 7.75. The van der Waals surface area contributed by atoms with Crippen molar-refractivity contribution in [2.45, 2.75) is 6.92 Å². The minimum atomic E-state index is 0.648. The molecule has 0 saturated carbocycles. The van der Waals surface area contributed by atoms with Gasteiger partial charge >= 0.3 is 0 Å². The van der Waals surface area contributed by atoms with Crippen molar-refractivity contribution < 1.29 is 9.15 Å². The average Bonchev–Trinajstić information content (AvgIpc) is 3.17.